The summed E-state index contributed by atoms with van der Waals surface area (Å²) in [6.45, 7) is 4.07. The lowest BCUT2D eigenvalue weighted by Crippen LogP contribution is -2.37. The lowest BCUT2D eigenvalue weighted by molar-refractivity contribution is 0.0682. The van der Waals surface area contributed by atoms with E-state index >= 15 is 0 Å². The number of likely N-dealkylation sites (N-methyl/N-ethyl adjacent to an activating group) is 1. The highest BCUT2D eigenvalue weighted by molar-refractivity contribution is 5.95. The molecule has 0 aromatic heterocycles. The molecule has 0 spiro atoms. The van der Waals surface area contributed by atoms with Gasteiger partial charge in [0.2, 0.25) is 0 Å². The number of amides is 1. The molecular weight excluding hydrogens is 232 g/mol. The van der Waals surface area contributed by atoms with E-state index in [9.17, 15) is 4.79 Å². The summed E-state index contributed by atoms with van der Waals surface area (Å²) >= 11 is 0. The van der Waals surface area contributed by atoms with Gasteiger partial charge >= 0.3 is 0 Å². The maximum atomic E-state index is 12.2. The standard InChI is InChI=1S/C13H20N2O3/c1-4-18-12-6-10(5-11(14)7-12)13(17)15(3)9(2)8-16/h5-7,9,16H,4,8,14H2,1-3H3. The van der Waals surface area contributed by atoms with E-state index < -0.39 is 0 Å². The minimum absolute atomic E-state index is 0.0805. The van der Waals surface area contributed by atoms with Crippen LogP contribution in [0.4, 0.5) is 5.69 Å². The molecule has 100 valence electrons. The summed E-state index contributed by atoms with van der Waals surface area (Å²) < 4.78 is 5.34. The van der Waals surface area contributed by atoms with E-state index in [1.807, 2.05) is 6.92 Å². The lowest BCUT2D eigenvalue weighted by atomic mass is 10.1. The predicted molar refractivity (Wildman–Crippen MR) is 70.7 cm³/mol. The van der Waals surface area contributed by atoms with Crippen molar-refractivity contribution in [3.63, 3.8) is 0 Å². The van der Waals surface area contributed by atoms with E-state index in [1.54, 1.807) is 32.2 Å². The van der Waals surface area contributed by atoms with Crippen LogP contribution in [0.2, 0.25) is 0 Å². The molecule has 0 radical (unpaired) electrons. The minimum atomic E-state index is -0.241. The Labute approximate surface area is 107 Å². The Balaban J connectivity index is 2.98. The van der Waals surface area contributed by atoms with Gasteiger partial charge < -0.3 is 20.5 Å². The van der Waals surface area contributed by atoms with Gasteiger partial charge in [-0.3, -0.25) is 4.79 Å². The summed E-state index contributed by atoms with van der Waals surface area (Å²) in [5.41, 5.74) is 6.68. The van der Waals surface area contributed by atoms with E-state index in [2.05, 4.69) is 0 Å². The van der Waals surface area contributed by atoms with E-state index in [-0.39, 0.29) is 18.6 Å². The van der Waals surface area contributed by atoms with Crippen LogP contribution >= 0.6 is 0 Å². The third-order valence-corrected chi connectivity index (χ3v) is 2.73. The van der Waals surface area contributed by atoms with Gasteiger partial charge in [-0.25, -0.2) is 0 Å². The SMILES string of the molecule is CCOc1cc(N)cc(C(=O)N(C)C(C)CO)c1. The number of nitrogens with zero attached hydrogens (tertiary/aromatic N) is 1. The molecule has 0 bridgehead atoms. The molecule has 0 aliphatic carbocycles. The summed E-state index contributed by atoms with van der Waals surface area (Å²) in [5.74, 6) is 0.385. The Bertz CT molecular complexity index is 421. The first kappa shape index (κ1) is 14.3. The summed E-state index contributed by atoms with van der Waals surface area (Å²) in [7, 11) is 1.65. The molecule has 1 unspecified atom stereocenters. The first-order valence-corrected chi connectivity index (χ1v) is 5.91. The van der Waals surface area contributed by atoms with Gasteiger partial charge in [0.1, 0.15) is 5.75 Å². The van der Waals surface area contributed by atoms with Crippen LogP contribution in [0.5, 0.6) is 5.75 Å². The molecule has 0 saturated carbocycles. The lowest BCUT2D eigenvalue weighted by Gasteiger charge is -2.23. The second kappa shape index (κ2) is 6.26. The van der Waals surface area contributed by atoms with E-state index in [1.165, 1.54) is 4.90 Å². The van der Waals surface area contributed by atoms with Crippen molar-refractivity contribution >= 4 is 11.6 Å². The van der Waals surface area contributed by atoms with Crippen LogP contribution in [0, 0.1) is 0 Å². The number of carbonyl (C=O) groups excluding carboxylic acids is 1. The van der Waals surface area contributed by atoms with Crippen LogP contribution in [0.25, 0.3) is 0 Å². The summed E-state index contributed by atoms with van der Waals surface area (Å²) in [6.07, 6.45) is 0. The number of ether oxygens (including phenoxy) is 1. The number of hydrogen-bond donors (Lipinski definition) is 2. The van der Waals surface area contributed by atoms with Gasteiger partial charge in [0.05, 0.1) is 19.3 Å². The minimum Gasteiger partial charge on any atom is -0.494 e. The van der Waals surface area contributed by atoms with E-state index in [4.69, 9.17) is 15.6 Å². The van der Waals surface area contributed by atoms with Gasteiger partial charge in [0.25, 0.3) is 5.91 Å². The zero-order valence-corrected chi connectivity index (χ0v) is 11.0. The molecule has 0 aliphatic rings. The number of anilines is 1. The van der Waals surface area contributed by atoms with E-state index in [0.29, 0.717) is 23.6 Å². The van der Waals surface area contributed by atoms with Gasteiger partial charge in [-0.15, -0.1) is 0 Å². The number of nitrogen functional groups attached to an aromatic ring is 1. The molecule has 1 rings (SSSR count). The average molecular weight is 252 g/mol. The molecule has 1 atom stereocenters. The largest absolute Gasteiger partial charge is 0.494 e. The number of nitrogens with two attached hydrogens (primary N) is 1. The Morgan fingerprint density at radius 3 is 2.72 bits per heavy atom. The molecule has 0 saturated heterocycles. The normalized spacial score (nSPS) is 12.0. The number of benzene rings is 1. The van der Waals surface area contributed by atoms with Crippen LogP contribution in [-0.2, 0) is 0 Å². The second-order valence-corrected chi connectivity index (χ2v) is 4.17. The molecule has 0 heterocycles. The molecular formula is C13H20N2O3. The monoisotopic (exact) mass is 252 g/mol. The fourth-order valence-electron chi connectivity index (χ4n) is 1.52. The molecule has 0 fully saturated rings. The zero-order chi connectivity index (χ0) is 13.7. The first-order chi connectivity index (χ1) is 8.49. The van der Waals surface area contributed by atoms with Crippen molar-refractivity contribution in [2.24, 2.45) is 0 Å². The van der Waals surface area contributed by atoms with Crippen molar-refractivity contribution in [1.29, 1.82) is 0 Å². The maximum absolute atomic E-state index is 12.2. The van der Waals surface area contributed by atoms with Crippen molar-refractivity contribution in [2.75, 3.05) is 26.0 Å². The Morgan fingerprint density at radius 1 is 1.50 bits per heavy atom. The molecule has 1 amide bonds. The molecule has 3 N–H and O–H groups in total. The summed E-state index contributed by atoms with van der Waals surface area (Å²) in [4.78, 5) is 13.6. The Hall–Kier alpha value is -1.75. The van der Waals surface area contributed by atoms with Crippen molar-refractivity contribution in [2.45, 2.75) is 19.9 Å². The first-order valence-electron chi connectivity index (χ1n) is 5.91. The van der Waals surface area contributed by atoms with E-state index in [0.717, 1.165) is 0 Å². The van der Waals surface area contributed by atoms with Crippen LogP contribution in [0.3, 0.4) is 0 Å². The summed E-state index contributed by atoms with van der Waals surface area (Å²) in [5, 5.41) is 9.05. The fraction of sp³-hybridized carbons (Fsp3) is 0.462. The quantitative estimate of drug-likeness (QED) is 0.770. The van der Waals surface area contributed by atoms with Gasteiger partial charge in [-0.05, 0) is 26.0 Å². The third kappa shape index (κ3) is 3.37. The van der Waals surface area contributed by atoms with Crippen LogP contribution in [0.1, 0.15) is 24.2 Å². The molecule has 0 aliphatic heterocycles. The fourth-order valence-corrected chi connectivity index (χ4v) is 1.52. The van der Waals surface area contributed by atoms with Gasteiger partial charge in [0, 0.05) is 24.4 Å². The number of carbonyl (C=O) groups is 1. The van der Waals surface area contributed by atoms with Gasteiger partial charge in [-0.2, -0.15) is 0 Å². The number of rotatable bonds is 5. The molecule has 1 aromatic carbocycles. The van der Waals surface area contributed by atoms with Crippen molar-refractivity contribution in [3.8, 4) is 5.75 Å². The topological polar surface area (TPSA) is 75.8 Å². The molecule has 18 heavy (non-hydrogen) atoms. The van der Waals surface area contributed by atoms with Crippen LogP contribution in [-0.4, -0.2) is 42.2 Å². The highest BCUT2D eigenvalue weighted by atomic mass is 16.5. The van der Waals surface area contributed by atoms with Crippen LogP contribution < -0.4 is 10.5 Å². The van der Waals surface area contributed by atoms with Crippen LogP contribution in [0.15, 0.2) is 18.2 Å². The van der Waals surface area contributed by atoms with Gasteiger partial charge in [0.15, 0.2) is 0 Å². The van der Waals surface area contributed by atoms with Crippen molar-refractivity contribution in [1.82, 2.24) is 4.90 Å². The smallest absolute Gasteiger partial charge is 0.254 e. The van der Waals surface area contributed by atoms with Crippen molar-refractivity contribution < 1.29 is 14.6 Å². The Kier molecular flexibility index (Phi) is 4.97. The number of aliphatic hydroxyl groups excluding tert-OH is 1. The number of aliphatic hydroxyl groups is 1. The molecule has 5 heteroatoms. The average Bonchev–Trinajstić information content (AvgIpc) is 2.35. The highest BCUT2D eigenvalue weighted by Crippen LogP contribution is 2.20. The third-order valence-electron chi connectivity index (χ3n) is 2.73. The maximum Gasteiger partial charge on any atom is 0.254 e. The Morgan fingerprint density at radius 2 is 2.17 bits per heavy atom. The highest BCUT2D eigenvalue weighted by Gasteiger charge is 2.17. The summed E-state index contributed by atoms with van der Waals surface area (Å²) in [6, 6.07) is 4.69. The van der Waals surface area contributed by atoms with Crippen molar-refractivity contribution in [3.05, 3.63) is 23.8 Å². The second-order valence-electron chi connectivity index (χ2n) is 4.17. The predicted octanol–water partition coefficient (Wildman–Crippen LogP) is 1.12. The molecule has 5 nitrogen and oxygen atoms in total. The number of hydrogen-bond acceptors (Lipinski definition) is 4. The molecule has 1 aromatic rings. The van der Waals surface area contributed by atoms with Gasteiger partial charge in [-0.1, -0.05) is 0 Å². The zero-order valence-electron chi connectivity index (χ0n) is 11.0.